The molecular weight excluding hydrogens is 311 g/mol. The summed E-state index contributed by atoms with van der Waals surface area (Å²) < 4.78 is 17.5. The first-order valence-electron chi connectivity index (χ1n) is 6.34. The van der Waals surface area contributed by atoms with Gasteiger partial charge in [-0.15, -0.1) is 0 Å². The molecule has 0 saturated carbocycles. The molecule has 1 aromatic carbocycles. The minimum Gasteiger partial charge on any atom is -0.451 e. The Morgan fingerprint density at radius 2 is 1.95 bits per heavy atom. The number of esters is 1. The molecule has 0 atom stereocenters. The van der Waals surface area contributed by atoms with E-state index in [1.165, 1.54) is 30.5 Å². The minimum atomic E-state index is -0.737. The molecule has 0 unspecified atom stereocenters. The van der Waals surface area contributed by atoms with Gasteiger partial charge in [0.25, 0.3) is 5.91 Å². The van der Waals surface area contributed by atoms with E-state index in [-0.39, 0.29) is 18.1 Å². The van der Waals surface area contributed by atoms with Crippen LogP contribution in [-0.4, -0.2) is 23.5 Å². The topological polar surface area (TPSA) is 68.3 Å². The van der Waals surface area contributed by atoms with Crippen LogP contribution in [0.2, 0.25) is 5.02 Å². The highest BCUT2D eigenvalue weighted by Crippen LogP contribution is 2.08. The molecule has 7 heteroatoms. The van der Waals surface area contributed by atoms with Crippen LogP contribution in [0.5, 0.6) is 0 Å². The third-order valence-corrected chi connectivity index (χ3v) is 2.90. The number of benzene rings is 1. The summed E-state index contributed by atoms with van der Waals surface area (Å²) >= 11 is 5.73. The van der Waals surface area contributed by atoms with Gasteiger partial charge in [0.1, 0.15) is 11.5 Å². The van der Waals surface area contributed by atoms with Gasteiger partial charge in [-0.05, 0) is 29.8 Å². The second-order valence-corrected chi connectivity index (χ2v) is 4.78. The average molecular weight is 323 g/mol. The quantitative estimate of drug-likeness (QED) is 0.858. The maximum Gasteiger partial charge on any atom is 0.357 e. The second kappa shape index (κ2) is 7.51. The van der Waals surface area contributed by atoms with Crippen molar-refractivity contribution >= 4 is 23.5 Å². The van der Waals surface area contributed by atoms with Crippen molar-refractivity contribution in [2.24, 2.45) is 0 Å². The fraction of sp³-hybridized carbons (Fsp3) is 0.133. The number of pyridine rings is 1. The van der Waals surface area contributed by atoms with Crippen molar-refractivity contribution in [3.8, 4) is 0 Å². The van der Waals surface area contributed by atoms with Gasteiger partial charge in [0, 0.05) is 17.8 Å². The van der Waals surface area contributed by atoms with Crippen molar-refractivity contribution in [1.29, 1.82) is 0 Å². The Kier molecular flexibility index (Phi) is 5.43. The summed E-state index contributed by atoms with van der Waals surface area (Å²) in [5.41, 5.74) is 0.761. The number of ether oxygens (including phenoxy) is 1. The summed E-state index contributed by atoms with van der Waals surface area (Å²) in [7, 11) is 0. The second-order valence-electron chi connectivity index (χ2n) is 4.34. The normalized spacial score (nSPS) is 10.1. The van der Waals surface area contributed by atoms with Crippen LogP contribution >= 0.6 is 11.6 Å². The molecular formula is C15H12ClFN2O3. The molecule has 0 aliphatic rings. The van der Waals surface area contributed by atoms with E-state index in [0.29, 0.717) is 5.02 Å². The molecule has 1 amide bonds. The molecule has 1 aromatic heterocycles. The molecule has 0 aliphatic heterocycles. The Bertz CT molecular complexity index is 677. The highest BCUT2D eigenvalue weighted by atomic mass is 35.5. The van der Waals surface area contributed by atoms with E-state index in [2.05, 4.69) is 10.3 Å². The highest BCUT2D eigenvalue weighted by Gasteiger charge is 2.11. The molecule has 5 nitrogen and oxygen atoms in total. The summed E-state index contributed by atoms with van der Waals surface area (Å²) in [6, 6.07) is 8.57. The molecule has 22 heavy (non-hydrogen) atoms. The summed E-state index contributed by atoms with van der Waals surface area (Å²) in [6.07, 6.45) is 1.37. The average Bonchev–Trinajstić information content (AvgIpc) is 2.52. The van der Waals surface area contributed by atoms with Crippen LogP contribution in [0.25, 0.3) is 0 Å². The standard InChI is InChI=1S/C15H12ClFN2O3/c16-11-5-6-18-13(7-11)15(21)22-9-14(20)19-8-10-1-3-12(17)4-2-10/h1-7H,8-9H2,(H,19,20). The number of hydrogen-bond acceptors (Lipinski definition) is 4. The number of carbonyl (C=O) groups is 2. The van der Waals surface area contributed by atoms with Crippen molar-refractivity contribution in [2.45, 2.75) is 6.54 Å². The lowest BCUT2D eigenvalue weighted by atomic mass is 10.2. The molecule has 0 spiro atoms. The molecule has 114 valence electrons. The third kappa shape index (κ3) is 4.82. The Morgan fingerprint density at radius 1 is 1.23 bits per heavy atom. The zero-order valence-corrected chi connectivity index (χ0v) is 12.1. The van der Waals surface area contributed by atoms with Gasteiger partial charge in [0.05, 0.1) is 0 Å². The Labute approximate surface area is 131 Å². The Hall–Kier alpha value is -2.47. The van der Waals surface area contributed by atoms with Crippen molar-refractivity contribution < 1.29 is 18.7 Å². The van der Waals surface area contributed by atoms with Gasteiger partial charge in [-0.1, -0.05) is 23.7 Å². The smallest absolute Gasteiger partial charge is 0.357 e. The van der Waals surface area contributed by atoms with Crippen LogP contribution in [0, 0.1) is 5.82 Å². The van der Waals surface area contributed by atoms with Crippen molar-refractivity contribution in [3.63, 3.8) is 0 Å². The van der Waals surface area contributed by atoms with Gasteiger partial charge >= 0.3 is 5.97 Å². The van der Waals surface area contributed by atoms with Gasteiger partial charge in [0.2, 0.25) is 0 Å². The third-order valence-electron chi connectivity index (χ3n) is 2.67. The fourth-order valence-electron chi connectivity index (χ4n) is 1.58. The molecule has 0 radical (unpaired) electrons. The number of halogens is 2. The first-order chi connectivity index (χ1) is 10.5. The van der Waals surface area contributed by atoms with E-state index in [1.807, 2.05) is 0 Å². The summed E-state index contributed by atoms with van der Waals surface area (Å²) in [5.74, 6) is -1.56. The lowest BCUT2D eigenvalue weighted by molar-refractivity contribution is -0.124. The van der Waals surface area contributed by atoms with E-state index >= 15 is 0 Å². The highest BCUT2D eigenvalue weighted by molar-refractivity contribution is 6.30. The van der Waals surface area contributed by atoms with Gasteiger partial charge < -0.3 is 10.1 Å². The number of aromatic nitrogens is 1. The fourth-order valence-corrected chi connectivity index (χ4v) is 1.74. The van der Waals surface area contributed by atoms with Gasteiger partial charge in [-0.2, -0.15) is 0 Å². The molecule has 0 aliphatic carbocycles. The van der Waals surface area contributed by atoms with Crippen molar-refractivity contribution in [3.05, 3.63) is 64.7 Å². The zero-order valence-electron chi connectivity index (χ0n) is 11.4. The SMILES string of the molecule is O=C(COC(=O)c1cc(Cl)ccn1)NCc1ccc(F)cc1. The van der Waals surface area contributed by atoms with Crippen LogP contribution in [0.15, 0.2) is 42.6 Å². The lowest BCUT2D eigenvalue weighted by Gasteiger charge is -2.06. The zero-order chi connectivity index (χ0) is 15.9. The van der Waals surface area contributed by atoms with Gasteiger partial charge in [-0.3, -0.25) is 4.79 Å². The number of rotatable bonds is 5. The maximum atomic E-state index is 12.7. The summed E-state index contributed by atoms with van der Waals surface area (Å²) in [4.78, 5) is 27.0. The number of hydrogen-bond donors (Lipinski definition) is 1. The Balaban J connectivity index is 1.78. The maximum absolute atomic E-state index is 12.7. The van der Waals surface area contributed by atoms with E-state index in [1.54, 1.807) is 12.1 Å². The number of amides is 1. The lowest BCUT2D eigenvalue weighted by Crippen LogP contribution is -2.28. The molecule has 0 fully saturated rings. The van der Waals surface area contributed by atoms with Crippen molar-refractivity contribution in [1.82, 2.24) is 10.3 Å². The minimum absolute atomic E-state index is 0.0267. The number of carbonyl (C=O) groups excluding carboxylic acids is 2. The molecule has 2 aromatic rings. The predicted molar refractivity (Wildman–Crippen MR) is 77.8 cm³/mol. The Morgan fingerprint density at radius 3 is 2.64 bits per heavy atom. The number of nitrogens with zero attached hydrogens (tertiary/aromatic N) is 1. The molecule has 1 N–H and O–H groups in total. The van der Waals surface area contributed by atoms with Crippen LogP contribution in [0.3, 0.4) is 0 Å². The van der Waals surface area contributed by atoms with E-state index in [0.717, 1.165) is 5.56 Å². The number of nitrogens with one attached hydrogen (secondary N) is 1. The van der Waals surface area contributed by atoms with Gasteiger partial charge in [-0.25, -0.2) is 14.2 Å². The largest absolute Gasteiger partial charge is 0.451 e. The van der Waals surface area contributed by atoms with Crippen LogP contribution < -0.4 is 5.32 Å². The van der Waals surface area contributed by atoms with Gasteiger partial charge in [0.15, 0.2) is 6.61 Å². The van der Waals surface area contributed by atoms with E-state index in [9.17, 15) is 14.0 Å². The predicted octanol–water partition coefficient (Wildman–Crippen LogP) is 2.35. The monoisotopic (exact) mass is 322 g/mol. The van der Waals surface area contributed by atoms with E-state index in [4.69, 9.17) is 16.3 Å². The van der Waals surface area contributed by atoms with Crippen LogP contribution in [0.1, 0.15) is 16.1 Å². The van der Waals surface area contributed by atoms with Crippen LogP contribution in [0.4, 0.5) is 4.39 Å². The van der Waals surface area contributed by atoms with Crippen LogP contribution in [-0.2, 0) is 16.1 Å². The molecule has 0 bridgehead atoms. The van der Waals surface area contributed by atoms with E-state index < -0.39 is 18.5 Å². The molecule has 1 heterocycles. The summed E-state index contributed by atoms with van der Waals surface area (Å²) in [5, 5.41) is 2.90. The summed E-state index contributed by atoms with van der Waals surface area (Å²) in [6.45, 7) is -0.222. The molecule has 2 rings (SSSR count). The first-order valence-corrected chi connectivity index (χ1v) is 6.72. The first kappa shape index (κ1) is 15.9. The van der Waals surface area contributed by atoms with Crippen molar-refractivity contribution in [2.75, 3.05) is 6.61 Å². The molecule has 0 saturated heterocycles.